The van der Waals surface area contributed by atoms with E-state index in [1.165, 1.54) is 0 Å². The van der Waals surface area contributed by atoms with E-state index in [-0.39, 0.29) is 5.56 Å². The second-order valence-corrected chi connectivity index (χ2v) is 6.84. The number of halogens is 2. The molecule has 3 rings (SSSR count). The highest BCUT2D eigenvalue weighted by molar-refractivity contribution is 6.36. The number of unbranched alkanes of at least 4 members (excludes halogenated alkanes) is 1. The van der Waals surface area contributed by atoms with Crippen LogP contribution in [0.2, 0.25) is 10.0 Å². The molecule has 0 aliphatic carbocycles. The molecule has 2 aromatic heterocycles. The molecule has 0 aliphatic heterocycles. The van der Waals surface area contributed by atoms with Gasteiger partial charge in [-0.05, 0) is 32.4 Å². The first-order valence-corrected chi connectivity index (χ1v) is 8.78. The predicted octanol–water partition coefficient (Wildman–Crippen LogP) is 5.99. The van der Waals surface area contributed by atoms with Crippen molar-refractivity contribution in [3.05, 3.63) is 56.1 Å². The smallest absolute Gasteiger partial charge is 0.262 e. The van der Waals surface area contributed by atoms with Crippen LogP contribution in [-0.4, -0.2) is 4.57 Å². The summed E-state index contributed by atoms with van der Waals surface area (Å²) in [6, 6.07) is 7.20. The van der Waals surface area contributed by atoms with Crippen molar-refractivity contribution in [3.8, 4) is 11.1 Å². The van der Waals surface area contributed by atoms with Gasteiger partial charge in [0.15, 0.2) is 0 Å². The average Bonchev–Trinajstić information content (AvgIpc) is 2.83. The third kappa shape index (κ3) is 2.87. The van der Waals surface area contributed by atoms with Crippen LogP contribution in [0.1, 0.15) is 31.2 Å². The van der Waals surface area contributed by atoms with E-state index in [0.29, 0.717) is 33.3 Å². The number of aromatic nitrogens is 1. The first kappa shape index (κ1) is 17.1. The van der Waals surface area contributed by atoms with Crippen LogP contribution in [0, 0.1) is 13.8 Å². The van der Waals surface area contributed by atoms with Gasteiger partial charge >= 0.3 is 0 Å². The van der Waals surface area contributed by atoms with Crippen LogP contribution >= 0.6 is 23.2 Å². The van der Waals surface area contributed by atoms with E-state index in [9.17, 15) is 4.79 Å². The summed E-state index contributed by atoms with van der Waals surface area (Å²) in [6.07, 6.45) is 1.99. The molecule has 0 N–H and O–H groups in total. The van der Waals surface area contributed by atoms with Crippen LogP contribution in [0.15, 0.2) is 33.5 Å². The van der Waals surface area contributed by atoms with Crippen LogP contribution in [0.3, 0.4) is 0 Å². The molecule has 3 nitrogen and oxygen atoms in total. The predicted molar refractivity (Wildman–Crippen MR) is 100 cm³/mol. The van der Waals surface area contributed by atoms with Crippen molar-refractivity contribution in [1.29, 1.82) is 0 Å². The Bertz CT molecular complexity index is 970. The first-order valence-electron chi connectivity index (χ1n) is 8.03. The molecule has 0 atom stereocenters. The lowest BCUT2D eigenvalue weighted by Gasteiger charge is -2.10. The Hall–Kier alpha value is -1.71. The molecule has 24 heavy (non-hydrogen) atoms. The fraction of sp³-hybridized carbons (Fsp3) is 0.316. The van der Waals surface area contributed by atoms with Crippen LogP contribution < -0.4 is 5.56 Å². The van der Waals surface area contributed by atoms with Crippen molar-refractivity contribution in [2.24, 2.45) is 0 Å². The Kier molecular flexibility index (Phi) is 4.75. The van der Waals surface area contributed by atoms with Crippen molar-refractivity contribution in [1.82, 2.24) is 4.57 Å². The second-order valence-electron chi connectivity index (χ2n) is 5.99. The average molecular weight is 364 g/mol. The molecule has 1 aromatic carbocycles. The zero-order valence-electron chi connectivity index (χ0n) is 14.0. The Labute approximate surface area is 150 Å². The summed E-state index contributed by atoms with van der Waals surface area (Å²) in [5, 5.41) is 1.65. The summed E-state index contributed by atoms with van der Waals surface area (Å²) in [4.78, 5) is 13.1. The minimum absolute atomic E-state index is 0.0312. The van der Waals surface area contributed by atoms with Crippen molar-refractivity contribution in [2.75, 3.05) is 0 Å². The molecule has 0 amide bonds. The van der Waals surface area contributed by atoms with Crippen LogP contribution in [0.5, 0.6) is 0 Å². The van der Waals surface area contributed by atoms with Gasteiger partial charge < -0.3 is 8.98 Å². The molecular formula is C19H19Cl2NO2. The normalized spacial score (nSPS) is 11.4. The number of fused-ring (bicyclic) bond motifs is 1. The number of pyridine rings is 1. The van der Waals surface area contributed by atoms with Gasteiger partial charge in [0, 0.05) is 34.5 Å². The van der Waals surface area contributed by atoms with E-state index in [2.05, 4.69) is 6.92 Å². The zero-order valence-corrected chi connectivity index (χ0v) is 15.5. The van der Waals surface area contributed by atoms with Crippen molar-refractivity contribution in [3.63, 3.8) is 0 Å². The highest BCUT2D eigenvalue weighted by atomic mass is 35.5. The van der Waals surface area contributed by atoms with Crippen molar-refractivity contribution in [2.45, 2.75) is 40.2 Å². The summed E-state index contributed by atoms with van der Waals surface area (Å²) in [6.45, 7) is 6.60. The highest BCUT2D eigenvalue weighted by Crippen LogP contribution is 2.37. The number of hydrogen-bond donors (Lipinski definition) is 0. The summed E-state index contributed by atoms with van der Waals surface area (Å²) in [5.41, 5.74) is 2.99. The fourth-order valence-corrected chi connectivity index (χ4v) is 3.56. The quantitative estimate of drug-likeness (QED) is 0.570. The Morgan fingerprint density at radius 3 is 2.58 bits per heavy atom. The van der Waals surface area contributed by atoms with Crippen LogP contribution in [0.25, 0.3) is 22.1 Å². The summed E-state index contributed by atoms with van der Waals surface area (Å²) < 4.78 is 7.67. The molecule has 0 saturated carbocycles. The standard InChI is InChI=1S/C19H19Cl2NO2/c1-4-5-8-22-11(2)9-16-18(19(22)23)17(12(3)24-16)14-7-6-13(20)10-15(14)21/h6-7,9-10H,4-5,8H2,1-3H3. The molecule has 0 spiro atoms. The highest BCUT2D eigenvalue weighted by Gasteiger charge is 2.20. The second kappa shape index (κ2) is 6.66. The third-order valence-corrected chi connectivity index (χ3v) is 4.82. The van der Waals surface area contributed by atoms with Crippen molar-refractivity contribution < 1.29 is 4.42 Å². The van der Waals surface area contributed by atoms with Gasteiger partial charge in [0.25, 0.3) is 5.56 Å². The molecular weight excluding hydrogens is 345 g/mol. The molecule has 3 aromatic rings. The number of rotatable bonds is 4. The van der Waals surface area contributed by atoms with E-state index in [1.807, 2.05) is 30.5 Å². The fourth-order valence-electron chi connectivity index (χ4n) is 3.05. The summed E-state index contributed by atoms with van der Waals surface area (Å²) >= 11 is 12.4. The first-order chi connectivity index (χ1) is 11.4. The number of aryl methyl sites for hydroxylation is 2. The lowest BCUT2D eigenvalue weighted by Crippen LogP contribution is -2.22. The molecule has 0 unspecified atom stereocenters. The van der Waals surface area contributed by atoms with Gasteiger partial charge in [-0.3, -0.25) is 4.79 Å². The largest absolute Gasteiger partial charge is 0.460 e. The third-order valence-electron chi connectivity index (χ3n) is 4.27. The maximum Gasteiger partial charge on any atom is 0.262 e. The van der Waals surface area contributed by atoms with Crippen molar-refractivity contribution >= 4 is 34.2 Å². The molecule has 0 fully saturated rings. The molecule has 126 valence electrons. The van der Waals surface area contributed by atoms with E-state index in [1.54, 1.807) is 12.1 Å². The molecule has 0 saturated heterocycles. The number of hydrogen-bond acceptors (Lipinski definition) is 2. The molecule has 2 heterocycles. The molecule has 5 heteroatoms. The van der Waals surface area contributed by atoms with E-state index in [4.69, 9.17) is 27.6 Å². The van der Waals surface area contributed by atoms with Crippen LogP contribution in [0.4, 0.5) is 0 Å². The Morgan fingerprint density at radius 2 is 1.92 bits per heavy atom. The number of nitrogens with zero attached hydrogens (tertiary/aromatic N) is 1. The van der Waals surface area contributed by atoms with Gasteiger partial charge in [-0.1, -0.05) is 42.6 Å². The van der Waals surface area contributed by atoms with Gasteiger partial charge in [-0.25, -0.2) is 0 Å². The minimum atomic E-state index is -0.0312. The van der Waals surface area contributed by atoms with E-state index in [0.717, 1.165) is 29.7 Å². The lowest BCUT2D eigenvalue weighted by molar-refractivity contribution is 0.572. The van der Waals surface area contributed by atoms with Crippen LogP contribution in [-0.2, 0) is 6.54 Å². The van der Waals surface area contributed by atoms with E-state index >= 15 is 0 Å². The summed E-state index contributed by atoms with van der Waals surface area (Å²) in [7, 11) is 0. The topological polar surface area (TPSA) is 35.1 Å². The van der Waals surface area contributed by atoms with Gasteiger partial charge in [-0.15, -0.1) is 0 Å². The SMILES string of the molecule is CCCCn1c(C)cc2oc(C)c(-c3ccc(Cl)cc3Cl)c2c1=O. The maximum absolute atomic E-state index is 13.1. The molecule has 0 bridgehead atoms. The van der Waals surface area contributed by atoms with E-state index < -0.39 is 0 Å². The minimum Gasteiger partial charge on any atom is -0.460 e. The van der Waals surface area contributed by atoms with Gasteiger partial charge in [-0.2, -0.15) is 0 Å². The van der Waals surface area contributed by atoms with Gasteiger partial charge in [0.2, 0.25) is 0 Å². The number of benzene rings is 1. The van der Waals surface area contributed by atoms with Gasteiger partial charge in [0.05, 0.1) is 10.4 Å². The maximum atomic E-state index is 13.1. The monoisotopic (exact) mass is 363 g/mol. The summed E-state index contributed by atoms with van der Waals surface area (Å²) in [5.74, 6) is 0.680. The zero-order chi connectivity index (χ0) is 17.4. The lowest BCUT2D eigenvalue weighted by atomic mass is 10.0. The molecule has 0 radical (unpaired) electrons. The Morgan fingerprint density at radius 1 is 1.17 bits per heavy atom. The molecule has 0 aliphatic rings. The van der Waals surface area contributed by atoms with Gasteiger partial charge in [0.1, 0.15) is 11.3 Å². The Balaban J connectivity index is 2.32. The number of furan rings is 1.